The monoisotopic (exact) mass is 365 g/mol. The zero-order valence-corrected chi connectivity index (χ0v) is 15.9. The van der Waals surface area contributed by atoms with E-state index < -0.39 is 0 Å². The van der Waals surface area contributed by atoms with E-state index in [4.69, 9.17) is 11.1 Å². The van der Waals surface area contributed by atoms with Gasteiger partial charge in [0.15, 0.2) is 11.6 Å². The Balaban J connectivity index is 2.23. The molecule has 27 heavy (non-hydrogen) atoms. The molecule has 0 aliphatic rings. The molecule has 0 spiro atoms. The first-order valence-corrected chi connectivity index (χ1v) is 8.53. The molecule has 9 nitrogen and oxygen atoms in total. The van der Waals surface area contributed by atoms with Gasteiger partial charge in [-0.05, 0) is 26.0 Å². The summed E-state index contributed by atoms with van der Waals surface area (Å²) in [5, 5.41) is 19.9. The lowest BCUT2D eigenvalue weighted by atomic mass is 10.1. The Kier molecular flexibility index (Phi) is 4.76. The van der Waals surface area contributed by atoms with E-state index in [0.29, 0.717) is 40.8 Å². The van der Waals surface area contributed by atoms with Gasteiger partial charge < -0.3 is 16.5 Å². The molecule has 0 aromatic carbocycles. The lowest BCUT2D eigenvalue weighted by molar-refractivity contribution is 0.656. The normalized spacial score (nSPS) is 10.8. The van der Waals surface area contributed by atoms with Gasteiger partial charge in [-0.3, -0.25) is 4.68 Å². The third-order valence-electron chi connectivity index (χ3n) is 4.21. The fraction of sp³-hybridized carbons (Fsp3) is 0.278. The summed E-state index contributed by atoms with van der Waals surface area (Å²) in [7, 11) is 3.57. The van der Waals surface area contributed by atoms with Crippen LogP contribution in [0.4, 0.5) is 5.69 Å². The van der Waals surface area contributed by atoms with Crippen LogP contribution in [0.3, 0.4) is 0 Å². The van der Waals surface area contributed by atoms with Crippen molar-refractivity contribution in [3.05, 3.63) is 35.7 Å². The van der Waals surface area contributed by atoms with Crippen LogP contribution in [0, 0.1) is 12.3 Å². The molecule has 0 saturated carbocycles. The molecule has 0 fully saturated rings. The van der Waals surface area contributed by atoms with E-state index >= 15 is 0 Å². The number of pyridine rings is 1. The molecule has 0 unspecified atom stereocenters. The molecule has 3 heterocycles. The summed E-state index contributed by atoms with van der Waals surface area (Å²) in [6.07, 6.45) is 1.24. The Labute approximate surface area is 157 Å². The van der Waals surface area contributed by atoms with Gasteiger partial charge in [0.25, 0.3) is 0 Å². The van der Waals surface area contributed by atoms with Crippen LogP contribution < -0.4 is 11.1 Å². The van der Waals surface area contributed by atoms with E-state index in [1.807, 2.05) is 24.6 Å². The Bertz CT molecular complexity index is 1030. The Hall–Kier alpha value is -3.49. The summed E-state index contributed by atoms with van der Waals surface area (Å²) in [6.45, 7) is 8.44. The second kappa shape index (κ2) is 7.02. The van der Waals surface area contributed by atoms with Gasteiger partial charge in [0, 0.05) is 38.1 Å². The Morgan fingerprint density at radius 3 is 2.67 bits per heavy atom. The quantitative estimate of drug-likeness (QED) is 0.574. The van der Waals surface area contributed by atoms with Crippen molar-refractivity contribution in [2.75, 3.05) is 12.4 Å². The number of nitrogens with one attached hydrogen (secondary N) is 2. The third-order valence-corrected chi connectivity index (χ3v) is 4.21. The predicted molar refractivity (Wildman–Crippen MR) is 107 cm³/mol. The summed E-state index contributed by atoms with van der Waals surface area (Å²) in [5.74, 6) is 1.08. The predicted octanol–water partition coefficient (Wildman–Crippen LogP) is 2.04. The topological polar surface area (TPSA) is 123 Å². The van der Waals surface area contributed by atoms with E-state index in [0.717, 1.165) is 17.1 Å². The van der Waals surface area contributed by atoms with Crippen LogP contribution in [0.15, 0.2) is 18.7 Å². The van der Waals surface area contributed by atoms with Crippen LogP contribution in [0.5, 0.6) is 0 Å². The van der Waals surface area contributed by atoms with Crippen molar-refractivity contribution in [1.29, 1.82) is 5.41 Å². The molecular formula is C18H23N9. The van der Waals surface area contributed by atoms with E-state index in [1.54, 1.807) is 24.8 Å². The third kappa shape index (κ3) is 3.19. The average molecular weight is 365 g/mol. The van der Waals surface area contributed by atoms with Gasteiger partial charge in [-0.2, -0.15) is 5.10 Å². The molecule has 0 aliphatic heterocycles. The average Bonchev–Trinajstić information content (AvgIpc) is 3.22. The van der Waals surface area contributed by atoms with Crippen LogP contribution in [-0.4, -0.2) is 42.8 Å². The molecule has 0 aliphatic carbocycles. The van der Waals surface area contributed by atoms with Crippen molar-refractivity contribution in [3.63, 3.8) is 0 Å². The highest BCUT2D eigenvalue weighted by Gasteiger charge is 2.20. The SMILES string of the molecule is C=C(N)c1cc(NC)c(C=N)c(-c2nc(-c3cc(C)nn3CC)nn2C)n1. The maximum Gasteiger partial charge on any atom is 0.200 e. The van der Waals surface area contributed by atoms with E-state index in [1.165, 1.54) is 6.21 Å². The summed E-state index contributed by atoms with van der Waals surface area (Å²) < 4.78 is 3.51. The maximum absolute atomic E-state index is 7.83. The van der Waals surface area contributed by atoms with Crippen molar-refractivity contribution < 1.29 is 0 Å². The highest BCUT2D eigenvalue weighted by molar-refractivity contribution is 5.94. The molecule has 0 radical (unpaired) electrons. The van der Waals surface area contributed by atoms with Crippen molar-refractivity contribution in [2.24, 2.45) is 12.8 Å². The molecule has 9 heteroatoms. The van der Waals surface area contributed by atoms with Crippen molar-refractivity contribution in [1.82, 2.24) is 29.5 Å². The van der Waals surface area contributed by atoms with E-state index in [9.17, 15) is 0 Å². The second-order valence-corrected chi connectivity index (χ2v) is 6.11. The smallest absolute Gasteiger partial charge is 0.200 e. The van der Waals surface area contributed by atoms with Gasteiger partial charge in [-0.1, -0.05) is 6.58 Å². The van der Waals surface area contributed by atoms with E-state index in [-0.39, 0.29) is 0 Å². The molecule has 0 bridgehead atoms. The van der Waals surface area contributed by atoms with Gasteiger partial charge >= 0.3 is 0 Å². The van der Waals surface area contributed by atoms with Crippen LogP contribution >= 0.6 is 0 Å². The summed E-state index contributed by atoms with van der Waals surface area (Å²) in [6, 6.07) is 3.71. The molecule has 0 atom stereocenters. The second-order valence-electron chi connectivity index (χ2n) is 6.11. The number of nitrogens with zero attached hydrogens (tertiary/aromatic N) is 6. The Morgan fingerprint density at radius 2 is 2.07 bits per heavy atom. The van der Waals surface area contributed by atoms with Gasteiger partial charge in [-0.25, -0.2) is 14.6 Å². The molecule has 0 saturated heterocycles. The number of anilines is 1. The lowest BCUT2D eigenvalue weighted by Crippen LogP contribution is -2.08. The summed E-state index contributed by atoms with van der Waals surface area (Å²) in [4.78, 5) is 9.26. The van der Waals surface area contributed by atoms with Gasteiger partial charge in [0.2, 0.25) is 0 Å². The minimum Gasteiger partial charge on any atom is -0.397 e. The van der Waals surface area contributed by atoms with Crippen LogP contribution in [0.2, 0.25) is 0 Å². The highest BCUT2D eigenvalue weighted by atomic mass is 15.4. The molecule has 3 aromatic rings. The zero-order valence-electron chi connectivity index (χ0n) is 15.9. The highest BCUT2D eigenvalue weighted by Crippen LogP contribution is 2.29. The number of rotatable bonds is 6. The van der Waals surface area contributed by atoms with Crippen LogP contribution in [0.25, 0.3) is 28.7 Å². The fourth-order valence-corrected chi connectivity index (χ4v) is 2.91. The largest absolute Gasteiger partial charge is 0.397 e. The Morgan fingerprint density at radius 1 is 1.33 bits per heavy atom. The minimum absolute atomic E-state index is 0.339. The molecular weight excluding hydrogens is 342 g/mol. The first kappa shape index (κ1) is 18.3. The van der Waals surface area contributed by atoms with Crippen LogP contribution in [-0.2, 0) is 13.6 Å². The van der Waals surface area contributed by atoms with Crippen molar-refractivity contribution in [3.8, 4) is 23.0 Å². The van der Waals surface area contributed by atoms with Gasteiger partial charge in [0.1, 0.15) is 11.4 Å². The van der Waals surface area contributed by atoms with Gasteiger partial charge in [0.05, 0.1) is 17.1 Å². The maximum atomic E-state index is 7.83. The number of aryl methyl sites for hydroxylation is 3. The number of aromatic nitrogens is 6. The number of hydrogen-bond donors (Lipinski definition) is 3. The molecule has 140 valence electrons. The first-order chi connectivity index (χ1) is 12.9. The van der Waals surface area contributed by atoms with Crippen LogP contribution in [0.1, 0.15) is 23.9 Å². The number of hydrogen-bond acceptors (Lipinski definition) is 7. The van der Waals surface area contributed by atoms with E-state index in [2.05, 4.69) is 32.1 Å². The minimum atomic E-state index is 0.339. The molecule has 4 N–H and O–H groups in total. The summed E-state index contributed by atoms with van der Waals surface area (Å²) >= 11 is 0. The van der Waals surface area contributed by atoms with Crippen molar-refractivity contribution in [2.45, 2.75) is 20.4 Å². The van der Waals surface area contributed by atoms with Crippen molar-refractivity contribution >= 4 is 17.6 Å². The standard InChI is InChI=1S/C18H23N9/c1-6-27-15(7-10(2)24-27)17-23-18(26(5)25-17)16-12(9-19)14(21-4)8-13(22-16)11(3)20/h7-9,19H,3,6,20H2,1-2,4-5H3,(H,21,22). The summed E-state index contributed by atoms with van der Waals surface area (Å²) in [5.41, 5.74) is 10.3. The lowest BCUT2D eigenvalue weighted by Gasteiger charge is -2.12. The molecule has 0 amide bonds. The zero-order chi connectivity index (χ0) is 19.7. The number of nitrogens with two attached hydrogens (primary N) is 1. The molecule has 3 rings (SSSR count). The fourth-order valence-electron chi connectivity index (χ4n) is 2.91. The first-order valence-electron chi connectivity index (χ1n) is 8.53. The molecule has 3 aromatic heterocycles. The van der Waals surface area contributed by atoms with Gasteiger partial charge in [-0.15, -0.1) is 5.10 Å².